The number of hydrogen-bond acceptors (Lipinski definition) is 3. The number of aromatic nitrogens is 3. The summed E-state index contributed by atoms with van der Waals surface area (Å²) in [5.41, 5.74) is 3.31. The summed E-state index contributed by atoms with van der Waals surface area (Å²) in [6.07, 6.45) is 5.80. The molecule has 37 heavy (non-hydrogen) atoms. The van der Waals surface area contributed by atoms with Gasteiger partial charge in [0.1, 0.15) is 17.1 Å². The van der Waals surface area contributed by atoms with Crippen LogP contribution in [-0.2, 0) is 20.1 Å². The van der Waals surface area contributed by atoms with Crippen LogP contribution in [0.1, 0.15) is 0 Å². The molecule has 0 saturated heterocycles. The zero-order valence-electron chi connectivity index (χ0n) is 19.9. The van der Waals surface area contributed by atoms with Crippen LogP contribution >= 0.6 is 34.0 Å². The van der Waals surface area contributed by atoms with Gasteiger partial charge in [-0.25, -0.2) is 34.0 Å². The Labute approximate surface area is 245 Å². The summed E-state index contributed by atoms with van der Waals surface area (Å²) in [5, 5.41) is 6.05. The SMILES string of the molecule is [CH2-][n+]1ccccc1-c1[c-]ccs1.[CH2-][n+]1ccccc1-c1[c-]ccs1.[CH2-][n+]1ccccc1-c1[c-]ccs1.[Ir+3]. The van der Waals surface area contributed by atoms with E-state index in [2.05, 4.69) is 39.3 Å². The van der Waals surface area contributed by atoms with Gasteiger partial charge in [0.15, 0.2) is 0 Å². The Bertz CT molecular complexity index is 1280. The van der Waals surface area contributed by atoms with Crippen LogP contribution in [0.25, 0.3) is 31.7 Å². The van der Waals surface area contributed by atoms with E-state index in [0.29, 0.717) is 0 Å². The molecule has 6 rings (SSSR count). The van der Waals surface area contributed by atoms with Crippen LogP contribution in [0.5, 0.6) is 0 Å². The van der Waals surface area contributed by atoms with E-state index in [4.69, 9.17) is 0 Å². The molecule has 0 amide bonds. The summed E-state index contributed by atoms with van der Waals surface area (Å²) in [7, 11) is 11.6. The second kappa shape index (κ2) is 14.5. The Morgan fingerprint density at radius 1 is 0.486 bits per heavy atom. The molecular weight excluding hydrogens is 691 g/mol. The summed E-state index contributed by atoms with van der Waals surface area (Å²) in [6, 6.07) is 33.2. The Balaban J connectivity index is 0.000000152. The first kappa shape index (κ1) is 28.4. The maximum Gasteiger partial charge on any atom is 3.00 e. The quantitative estimate of drug-likeness (QED) is 0.148. The molecule has 0 unspecified atom stereocenters. The Morgan fingerprint density at radius 3 is 1.00 bits per heavy atom. The van der Waals surface area contributed by atoms with Crippen molar-refractivity contribution in [2.24, 2.45) is 0 Å². The summed E-state index contributed by atoms with van der Waals surface area (Å²) in [4.78, 5) is 3.39. The van der Waals surface area contributed by atoms with Crippen molar-refractivity contribution < 1.29 is 33.8 Å². The molecule has 0 radical (unpaired) electrons. The monoisotopic (exact) mass is 715 g/mol. The topological polar surface area (TPSA) is 11.6 Å². The maximum absolute atomic E-state index is 3.88. The van der Waals surface area contributed by atoms with Crippen molar-refractivity contribution in [3.8, 4) is 31.7 Å². The van der Waals surface area contributed by atoms with Crippen molar-refractivity contribution in [2.75, 3.05) is 0 Å². The van der Waals surface area contributed by atoms with Crippen molar-refractivity contribution in [1.29, 1.82) is 0 Å². The van der Waals surface area contributed by atoms with Crippen molar-refractivity contribution in [3.05, 3.63) is 147 Å². The Morgan fingerprint density at radius 2 is 0.784 bits per heavy atom. The van der Waals surface area contributed by atoms with Gasteiger partial charge in [-0.15, -0.1) is 16.1 Å². The van der Waals surface area contributed by atoms with E-state index < -0.39 is 0 Å². The molecule has 0 N–H and O–H groups in total. The van der Waals surface area contributed by atoms with Gasteiger partial charge in [0.2, 0.25) is 0 Å². The fourth-order valence-corrected chi connectivity index (χ4v) is 5.33. The molecule has 0 spiro atoms. The first-order chi connectivity index (χ1) is 17.6. The molecule has 0 atom stereocenters. The molecule has 0 aliphatic heterocycles. The standard InChI is InChI=1S/3C10H8NS.Ir/c3*1-11-7-3-2-5-9(11)10-6-4-8-12-10;/h3*2-5,7-8H,1H2;/q3*-1;+3. The molecule has 6 aromatic rings. The minimum Gasteiger partial charge on any atom is -0.333 e. The average Bonchev–Trinajstić information content (AvgIpc) is 3.70. The molecule has 0 aliphatic carbocycles. The van der Waals surface area contributed by atoms with E-state index in [9.17, 15) is 0 Å². The number of hydrogen-bond donors (Lipinski definition) is 0. The molecule has 7 heteroatoms. The fraction of sp³-hybridized carbons (Fsp3) is 0. The van der Waals surface area contributed by atoms with E-state index in [0.717, 1.165) is 31.7 Å². The van der Waals surface area contributed by atoms with E-state index in [-0.39, 0.29) is 20.1 Å². The predicted octanol–water partition coefficient (Wildman–Crippen LogP) is 6.42. The zero-order chi connectivity index (χ0) is 25.2. The average molecular weight is 715 g/mol. The van der Waals surface area contributed by atoms with Gasteiger partial charge in [-0.2, -0.15) is 36.4 Å². The van der Waals surface area contributed by atoms with Gasteiger partial charge in [0.05, 0.1) is 18.6 Å². The maximum atomic E-state index is 3.88. The van der Waals surface area contributed by atoms with Gasteiger partial charge < -0.3 is 13.7 Å². The molecule has 0 saturated carbocycles. The first-order valence-electron chi connectivity index (χ1n) is 10.9. The predicted molar refractivity (Wildman–Crippen MR) is 149 cm³/mol. The minimum absolute atomic E-state index is 0. The Kier molecular flexibility index (Phi) is 11.1. The van der Waals surface area contributed by atoms with Gasteiger partial charge in [-0.1, -0.05) is 36.4 Å². The van der Waals surface area contributed by atoms with E-state index >= 15 is 0 Å². The zero-order valence-corrected chi connectivity index (χ0v) is 24.8. The number of rotatable bonds is 3. The molecule has 0 aliphatic rings. The van der Waals surface area contributed by atoms with Crippen LogP contribution in [0.3, 0.4) is 0 Å². The fourth-order valence-electron chi connectivity index (χ4n) is 3.19. The summed E-state index contributed by atoms with van der Waals surface area (Å²) < 4.78 is 5.55. The largest absolute Gasteiger partial charge is 3.00 e. The van der Waals surface area contributed by atoms with Crippen LogP contribution in [0.15, 0.2) is 108 Å². The third-order valence-electron chi connectivity index (χ3n) is 4.92. The van der Waals surface area contributed by atoms with Crippen LogP contribution in [0.2, 0.25) is 0 Å². The molecular formula is C30H24IrN3S3. The van der Waals surface area contributed by atoms with Gasteiger partial charge >= 0.3 is 20.1 Å². The van der Waals surface area contributed by atoms with Gasteiger partial charge in [-0.05, 0) is 32.8 Å². The minimum atomic E-state index is 0. The normalized spacial score (nSPS) is 9.73. The summed E-state index contributed by atoms with van der Waals surface area (Å²) >= 11 is 5.02. The van der Waals surface area contributed by atoms with E-state index in [1.807, 2.05) is 121 Å². The molecule has 3 nitrogen and oxygen atoms in total. The number of pyridine rings is 3. The molecule has 0 bridgehead atoms. The summed E-state index contributed by atoms with van der Waals surface area (Å²) in [5.74, 6) is 0. The first-order valence-corrected chi connectivity index (χ1v) is 13.6. The third kappa shape index (κ3) is 7.89. The van der Waals surface area contributed by atoms with Gasteiger partial charge in [-0.3, -0.25) is 0 Å². The third-order valence-corrected chi connectivity index (χ3v) is 7.43. The van der Waals surface area contributed by atoms with Crippen LogP contribution < -0.4 is 13.7 Å². The van der Waals surface area contributed by atoms with Gasteiger partial charge in [0.25, 0.3) is 0 Å². The van der Waals surface area contributed by atoms with Crippen LogP contribution in [0.4, 0.5) is 0 Å². The second-order valence-electron chi connectivity index (χ2n) is 7.35. The van der Waals surface area contributed by atoms with Crippen molar-refractivity contribution in [3.63, 3.8) is 0 Å². The van der Waals surface area contributed by atoms with Gasteiger partial charge in [0, 0.05) is 21.1 Å². The molecule has 0 aromatic carbocycles. The molecule has 186 valence electrons. The van der Waals surface area contributed by atoms with Crippen molar-refractivity contribution in [2.45, 2.75) is 0 Å². The molecule has 0 fully saturated rings. The molecule has 6 aromatic heterocycles. The smallest absolute Gasteiger partial charge is 0.333 e. The summed E-state index contributed by atoms with van der Waals surface area (Å²) in [6.45, 7) is 0. The van der Waals surface area contributed by atoms with E-state index in [1.54, 1.807) is 34.0 Å². The van der Waals surface area contributed by atoms with Crippen molar-refractivity contribution in [1.82, 2.24) is 0 Å². The van der Waals surface area contributed by atoms with E-state index in [1.165, 1.54) is 0 Å². The number of nitrogens with zero attached hydrogens (tertiary/aromatic N) is 3. The van der Waals surface area contributed by atoms with Crippen LogP contribution in [0, 0.1) is 39.3 Å². The van der Waals surface area contributed by atoms with Crippen molar-refractivity contribution >= 4 is 34.0 Å². The second-order valence-corrected chi connectivity index (χ2v) is 10.1. The Hall–Kier alpha value is -3.19. The number of thiophene rings is 3. The molecule has 6 heterocycles. The van der Waals surface area contributed by atoms with Crippen LogP contribution in [-0.4, -0.2) is 0 Å².